The fraction of sp³-hybridized carbons (Fsp3) is 0.259. The third kappa shape index (κ3) is 5.52. The van der Waals surface area contributed by atoms with E-state index in [2.05, 4.69) is 41.1 Å². The molecule has 0 unspecified atom stereocenters. The molecule has 2 aromatic carbocycles. The summed E-state index contributed by atoms with van der Waals surface area (Å²) in [5.41, 5.74) is 6.46. The molecular weight excluding hydrogens is 382 g/mol. The van der Waals surface area contributed by atoms with Crippen molar-refractivity contribution in [2.24, 2.45) is 0 Å². The highest BCUT2D eigenvalue weighted by atomic mass is 16.1. The molecule has 31 heavy (non-hydrogen) atoms. The maximum atomic E-state index is 12.5. The number of aromatic nitrogens is 1. The smallest absolute Gasteiger partial charge is 0.262 e. The van der Waals surface area contributed by atoms with Crippen LogP contribution in [-0.4, -0.2) is 10.5 Å². The van der Waals surface area contributed by atoms with Crippen molar-refractivity contribution in [1.29, 1.82) is 5.26 Å². The zero-order valence-electron chi connectivity index (χ0n) is 18.5. The zero-order valence-corrected chi connectivity index (χ0v) is 18.5. The average molecular weight is 412 g/mol. The number of carbonyl (C=O) groups excluding carboxylic acids is 1. The lowest BCUT2D eigenvalue weighted by atomic mass is 10.1. The van der Waals surface area contributed by atoms with E-state index in [1.54, 1.807) is 6.08 Å². The summed E-state index contributed by atoms with van der Waals surface area (Å²) in [5.74, 6) is -0.364. The molecule has 0 atom stereocenters. The molecule has 1 amide bonds. The van der Waals surface area contributed by atoms with E-state index in [-0.39, 0.29) is 11.5 Å². The largest absolute Gasteiger partial charge is 0.347 e. The van der Waals surface area contributed by atoms with Gasteiger partial charge in [-0.25, -0.2) is 0 Å². The van der Waals surface area contributed by atoms with Gasteiger partial charge in [-0.1, -0.05) is 55.8 Å². The van der Waals surface area contributed by atoms with Gasteiger partial charge in [0.15, 0.2) is 0 Å². The fourth-order valence-electron chi connectivity index (χ4n) is 3.70. The Labute approximate surface area is 184 Å². The molecule has 0 aliphatic rings. The van der Waals surface area contributed by atoms with Gasteiger partial charge in [-0.15, -0.1) is 0 Å². The molecule has 3 aromatic rings. The molecule has 0 saturated heterocycles. The molecule has 158 valence electrons. The molecule has 0 aliphatic carbocycles. The molecular formula is C27H29N3O. The molecule has 0 bridgehead atoms. The number of hydrogen-bond acceptors (Lipinski definition) is 2. The van der Waals surface area contributed by atoms with E-state index in [0.717, 1.165) is 34.6 Å². The number of benzene rings is 2. The van der Waals surface area contributed by atoms with Crippen molar-refractivity contribution in [3.63, 3.8) is 0 Å². The van der Waals surface area contributed by atoms with Crippen molar-refractivity contribution in [2.75, 3.05) is 0 Å². The first-order chi connectivity index (χ1) is 15.0. The highest BCUT2D eigenvalue weighted by Gasteiger charge is 2.14. The van der Waals surface area contributed by atoms with Crippen LogP contribution in [0.5, 0.6) is 0 Å². The van der Waals surface area contributed by atoms with Crippen LogP contribution in [0.15, 0.2) is 66.2 Å². The summed E-state index contributed by atoms with van der Waals surface area (Å²) in [5, 5.41) is 12.4. The van der Waals surface area contributed by atoms with Crippen molar-refractivity contribution in [3.05, 3.63) is 94.3 Å². The Morgan fingerprint density at radius 3 is 2.42 bits per heavy atom. The first-order valence-corrected chi connectivity index (χ1v) is 10.8. The SMILES string of the molecule is CCCCc1ccc(-n2c(C)cc(/C=C(/C#N)C(=O)NCc3ccccc3)c2C)cc1. The molecule has 1 heterocycles. The number of unbranched alkanes of at least 4 members (excludes halogenated alkanes) is 1. The quantitative estimate of drug-likeness (QED) is 0.384. The summed E-state index contributed by atoms with van der Waals surface area (Å²) in [6.07, 6.45) is 5.15. The second kappa shape index (κ2) is 10.4. The van der Waals surface area contributed by atoms with Gasteiger partial charge in [0.1, 0.15) is 11.6 Å². The summed E-state index contributed by atoms with van der Waals surface area (Å²) in [6.45, 7) is 6.65. The second-order valence-corrected chi connectivity index (χ2v) is 7.77. The first kappa shape index (κ1) is 22.1. The van der Waals surface area contributed by atoms with Crippen molar-refractivity contribution < 1.29 is 4.79 Å². The number of nitrogens with zero attached hydrogens (tertiary/aromatic N) is 2. The van der Waals surface area contributed by atoms with E-state index >= 15 is 0 Å². The molecule has 1 aromatic heterocycles. The molecule has 0 spiro atoms. The summed E-state index contributed by atoms with van der Waals surface area (Å²) in [4.78, 5) is 12.5. The highest BCUT2D eigenvalue weighted by Crippen LogP contribution is 2.23. The number of rotatable bonds is 8. The Kier molecular flexibility index (Phi) is 7.45. The third-order valence-electron chi connectivity index (χ3n) is 5.44. The number of aryl methyl sites for hydroxylation is 2. The number of nitriles is 1. The van der Waals surface area contributed by atoms with E-state index in [1.165, 1.54) is 18.4 Å². The van der Waals surface area contributed by atoms with Gasteiger partial charge in [0.05, 0.1) is 0 Å². The summed E-state index contributed by atoms with van der Waals surface area (Å²) < 4.78 is 2.16. The van der Waals surface area contributed by atoms with E-state index in [9.17, 15) is 10.1 Å². The summed E-state index contributed by atoms with van der Waals surface area (Å²) in [6, 6.07) is 22.4. The molecule has 3 rings (SSSR count). The van der Waals surface area contributed by atoms with Gasteiger partial charge in [-0.3, -0.25) is 4.79 Å². The van der Waals surface area contributed by atoms with Crippen molar-refractivity contribution in [2.45, 2.75) is 46.6 Å². The minimum absolute atomic E-state index is 0.103. The molecule has 1 N–H and O–H groups in total. The molecule has 0 fully saturated rings. The van der Waals surface area contributed by atoms with Crippen LogP contribution in [0.4, 0.5) is 0 Å². The van der Waals surface area contributed by atoms with Gasteiger partial charge in [0.25, 0.3) is 5.91 Å². The zero-order chi connectivity index (χ0) is 22.2. The van der Waals surface area contributed by atoms with Gasteiger partial charge in [0.2, 0.25) is 0 Å². The van der Waals surface area contributed by atoms with Crippen LogP contribution in [0.25, 0.3) is 11.8 Å². The maximum absolute atomic E-state index is 12.5. The predicted molar refractivity (Wildman–Crippen MR) is 126 cm³/mol. The molecule has 0 radical (unpaired) electrons. The van der Waals surface area contributed by atoms with Gasteiger partial charge in [-0.05, 0) is 67.7 Å². The number of carbonyl (C=O) groups is 1. The lowest BCUT2D eigenvalue weighted by Crippen LogP contribution is -2.23. The molecule has 4 nitrogen and oxygen atoms in total. The Hall–Kier alpha value is -3.58. The standard InChI is InChI=1S/C27H29N3O/c1-4-5-9-22-12-14-26(15-13-22)30-20(2)16-24(21(30)3)17-25(18-28)27(31)29-19-23-10-7-6-8-11-23/h6-8,10-17H,4-5,9,19H2,1-3H3,(H,29,31)/b25-17-. The fourth-order valence-corrected chi connectivity index (χ4v) is 3.70. The average Bonchev–Trinajstić information content (AvgIpc) is 3.08. The predicted octanol–water partition coefficient (Wildman–Crippen LogP) is 5.66. The molecule has 4 heteroatoms. The Bertz CT molecular complexity index is 1100. The van der Waals surface area contributed by atoms with E-state index in [0.29, 0.717) is 6.54 Å². The lowest BCUT2D eigenvalue weighted by Gasteiger charge is -2.11. The minimum Gasteiger partial charge on any atom is -0.347 e. The van der Waals surface area contributed by atoms with Gasteiger partial charge in [-0.2, -0.15) is 5.26 Å². The van der Waals surface area contributed by atoms with Crippen molar-refractivity contribution in [3.8, 4) is 11.8 Å². The topological polar surface area (TPSA) is 57.8 Å². The molecule has 0 aliphatic heterocycles. The first-order valence-electron chi connectivity index (χ1n) is 10.8. The summed E-state index contributed by atoms with van der Waals surface area (Å²) in [7, 11) is 0. The minimum atomic E-state index is -0.364. The van der Waals surface area contributed by atoms with Crippen LogP contribution < -0.4 is 5.32 Å². The normalized spacial score (nSPS) is 11.2. The highest BCUT2D eigenvalue weighted by molar-refractivity contribution is 6.01. The Morgan fingerprint density at radius 2 is 1.77 bits per heavy atom. The van der Waals surface area contributed by atoms with Crippen LogP contribution in [0, 0.1) is 25.2 Å². The van der Waals surface area contributed by atoms with Crippen LogP contribution in [0.3, 0.4) is 0 Å². The van der Waals surface area contributed by atoms with Gasteiger partial charge < -0.3 is 9.88 Å². The van der Waals surface area contributed by atoms with Crippen LogP contribution in [0.1, 0.15) is 47.8 Å². The number of amides is 1. The number of hydrogen-bond donors (Lipinski definition) is 1. The van der Waals surface area contributed by atoms with Gasteiger partial charge in [0, 0.05) is 23.6 Å². The van der Waals surface area contributed by atoms with Crippen molar-refractivity contribution >= 4 is 12.0 Å². The Morgan fingerprint density at radius 1 is 1.06 bits per heavy atom. The van der Waals surface area contributed by atoms with Gasteiger partial charge >= 0.3 is 0 Å². The monoisotopic (exact) mass is 411 g/mol. The van der Waals surface area contributed by atoms with E-state index in [1.807, 2.05) is 56.3 Å². The van der Waals surface area contributed by atoms with E-state index in [4.69, 9.17) is 0 Å². The third-order valence-corrected chi connectivity index (χ3v) is 5.44. The van der Waals surface area contributed by atoms with Crippen LogP contribution in [-0.2, 0) is 17.8 Å². The Balaban J connectivity index is 1.80. The van der Waals surface area contributed by atoms with Crippen molar-refractivity contribution in [1.82, 2.24) is 9.88 Å². The van der Waals surface area contributed by atoms with Crippen LogP contribution >= 0.6 is 0 Å². The number of nitrogens with one attached hydrogen (secondary N) is 1. The lowest BCUT2D eigenvalue weighted by molar-refractivity contribution is -0.117. The van der Waals surface area contributed by atoms with Crippen LogP contribution in [0.2, 0.25) is 0 Å². The van der Waals surface area contributed by atoms with E-state index < -0.39 is 0 Å². The molecule has 0 saturated carbocycles. The summed E-state index contributed by atoms with van der Waals surface area (Å²) >= 11 is 0. The maximum Gasteiger partial charge on any atom is 0.262 e. The second-order valence-electron chi connectivity index (χ2n) is 7.77.